The van der Waals surface area contributed by atoms with Crippen molar-refractivity contribution in [2.24, 2.45) is 18.9 Å². The average Bonchev–Trinajstić information content (AvgIpc) is 3.27. The van der Waals surface area contributed by atoms with Crippen LogP contribution in [-0.4, -0.2) is 30.2 Å². The number of nitrogens with one attached hydrogen (secondary N) is 1. The summed E-state index contributed by atoms with van der Waals surface area (Å²) in [7, 11) is 1.44. The number of rotatable bonds is 7. The molecule has 0 atom stereocenters. The molecule has 0 radical (unpaired) electrons. The standard InChI is InChI=1S/C23H27N5O5S/c1-13-4-6-15(7-5-13)12-28-20(26-21(31)27(3)23(28)32)25-16-8-9-17(14(2)10-16)33-22-24-11-18(34-22)19(29)30/h8-11,13,15H,4-7,12H2,1-3H3,(H,29,30)(H,25,26,31). The Kier molecular flexibility index (Phi) is 6.82. The highest BCUT2D eigenvalue weighted by Crippen LogP contribution is 2.32. The Morgan fingerprint density at radius 1 is 1.26 bits per heavy atom. The number of anilines is 2. The molecule has 1 fully saturated rings. The fourth-order valence-corrected chi connectivity index (χ4v) is 4.70. The molecule has 1 aliphatic rings. The molecular formula is C23H27N5O5S. The van der Waals surface area contributed by atoms with Gasteiger partial charge in [0.05, 0.1) is 6.20 Å². The molecule has 1 saturated carbocycles. The first-order valence-electron chi connectivity index (χ1n) is 11.1. The van der Waals surface area contributed by atoms with Crippen LogP contribution in [-0.2, 0) is 13.6 Å². The van der Waals surface area contributed by atoms with Crippen molar-refractivity contribution in [3.8, 4) is 10.9 Å². The van der Waals surface area contributed by atoms with E-state index in [9.17, 15) is 14.4 Å². The highest BCUT2D eigenvalue weighted by atomic mass is 32.1. The fraction of sp³-hybridized carbons (Fsp3) is 0.435. The van der Waals surface area contributed by atoms with Gasteiger partial charge in [0.1, 0.15) is 10.6 Å². The lowest BCUT2D eigenvalue weighted by molar-refractivity contribution is 0.0702. The molecule has 0 bridgehead atoms. The molecule has 0 aliphatic heterocycles. The molecule has 0 unspecified atom stereocenters. The van der Waals surface area contributed by atoms with Crippen LogP contribution in [0.5, 0.6) is 10.9 Å². The van der Waals surface area contributed by atoms with Gasteiger partial charge in [-0.1, -0.05) is 31.1 Å². The van der Waals surface area contributed by atoms with Crippen LogP contribution in [0.2, 0.25) is 0 Å². The number of aromatic nitrogens is 4. The molecular weight excluding hydrogens is 458 g/mol. The topological polar surface area (TPSA) is 128 Å². The molecule has 0 saturated heterocycles. The van der Waals surface area contributed by atoms with E-state index in [2.05, 4.69) is 22.2 Å². The van der Waals surface area contributed by atoms with E-state index < -0.39 is 17.3 Å². The number of hydrogen-bond acceptors (Lipinski definition) is 8. The van der Waals surface area contributed by atoms with E-state index in [4.69, 9.17) is 9.84 Å². The number of aryl methyl sites for hydroxylation is 1. The van der Waals surface area contributed by atoms with Crippen LogP contribution in [0.15, 0.2) is 34.0 Å². The molecule has 3 aromatic rings. The Balaban J connectivity index is 1.56. The Bertz CT molecular complexity index is 1320. The summed E-state index contributed by atoms with van der Waals surface area (Å²) in [6.45, 7) is 4.59. The van der Waals surface area contributed by atoms with Crippen molar-refractivity contribution in [2.45, 2.75) is 46.1 Å². The van der Waals surface area contributed by atoms with Crippen molar-refractivity contribution in [3.63, 3.8) is 0 Å². The summed E-state index contributed by atoms with van der Waals surface area (Å²) < 4.78 is 8.30. The molecule has 2 aromatic heterocycles. The predicted molar refractivity (Wildman–Crippen MR) is 128 cm³/mol. The van der Waals surface area contributed by atoms with Gasteiger partial charge in [0.2, 0.25) is 5.95 Å². The Hall–Kier alpha value is -3.47. The number of carboxylic acid groups (broad SMARTS) is 1. The second-order valence-corrected chi connectivity index (χ2v) is 9.79. The van der Waals surface area contributed by atoms with Gasteiger partial charge in [-0.25, -0.2) is 23.9 Å². The van der Waals surface area contributed by atoms with E-state index in [1.807, 2.05) is 6.92 Å². The van der Waals surface area contributed by atoms with Gasteiger partial charge in [-0.15, -0.1) is 0 Å². The first kappa shape index (κ1) is 23.7. The van der Waals surface area contributed by atoms with Crippen LogP contribution in [0.3, 0.4) is 0 Å². The highest BCUT2D eigenvalue weighted by Gasteiger charge is 2.22. The van der Waals surface area contributed by atoms with Gasteiger partial charge in [-0.05, 0) is 55.4 Å². The summed E-state index contributed by atoms with van der Waals surface area (Å²) in [6, 6.07) is 5.26. The molecule has 34 heavy (non-hydrogen) atoms. The van der Waals surface area contributed by atoms with Gasteiger partial charge in [0.15, 0.2) is 0 Å². The monoisotopic (exact) mass is 485 g/mol. The summed E-state index contributed by atoms with van der Waals surface area (Å²) in [4.78, 5) is 44.4. The molecule has 0 spiro atoms. The van der Waals surface area contributed by atoms with Crippen molar-refractivity contribution in [2.75, 3.05) is 5.32 Å². The quantitative estimate of drug-likeness (QED) is 0.518. The molecule has 0 amide bonds. The van der Waals surface area contributed by atoms with Crippen molar-refractivity contribution in [1.82, 2.24) is 19.1 Å². The number of nitrogens with zero attached hydrogens (tertiary/aromatic N) is 4. The number of ether oxygens (including phenoxy) is 1. The maximum Gasteiger partial charge on any atom is 0.354 e. The van der Waals surface area contributed by atoms with E-state index in [0.29, 0.717) is 29.8 Å². The predicted octanol–water partition coefficient (Wildman–Crippen LogP) is 3.77. The molecule has 10 nitrogen and oxygen atoms in total. The van der Waals surface area contributed by atoms with Crippen molar-refractivity contribution < 1.29 is 14.6 Å². The van der Waals surface area contributed by atoms with Crippen molar-refractivity contribution >= 4 is 28.9 Å². The van der Waals surface area contributed by atoms with E-state index in [1.165, 1.54) is 13.2 Å². The maximum atomic E-state index is 12.9. The number of carboxylic acids is 1. The third kappa shape index (κ3) is 5.19. The molecule has 2 N–H and O–H groups in total. The second-order valence-electron chi connectivity index (χ2n) is 8.80. The van der Waals surface area contributed by atoms with Crippen LogP contribution in [0.4, 0.5) is 11.6 Å². The molecule has 1 aromatic carbocycles. The van der Waals surface area contributed by atoms with Crippen molar-refractivity contribution in [3.05, 3.63) is 55.8 Å². The number of carbonyl (C=O) groups is 1. The van der Waals surface area contributed by atoms with Crippen LogP contribution in [0, 0.1) is 18.8 Å². The summed E-state index contributed by atoms with van der Waals surface area (Å²) in [5.74, 6) is 0.736. The lowest BCUT2D eigenvalue weighted by atomic mass is 9.83. The molecule has 180 valence electrons. The maximum absolute atomic E-state index is 12.9. The van der Waals surface area contributed by atoms with Gasteiger partial charge < -0.3 is 15.2 Å². The number of benzene rings is 1. The van der Waals surface area contributed by atoms with E-state index in [0.717, 1.165) is 47.2 Å². The Labute approximate surface area is 199 Å². The average molecular weight is 486 g/mol. The fourth-order valence-electron chi connectivity index (χ4n) is 4.08. The molecule has 1 aliphatic carbocycles. The van der Waals surface area contributed by atoms with Gasteiger partial charge >= 0.3 is 17.3 Å². The zero-order chi connectivity index (χ0) is 24.4. The highest BCUT2D eigenvalue weighted by molar-refractivity contribution is 7.15. The van der Waals surface area contributed by atoms with Gasteiger partial charge in [-0.3, -0.25) is 4.57 Å². The third-order valence-electron chi connectivity index (χ3n) is 6.16. The van der Waals surface area contributed by atoms with Gasteiger partial charge in [-0.2, -0.15) is 4.98 Å². The van der Waals surface area contributed by atoms with Gasteiger partial charge in [0.25, 0.3) is 5.19 Å². The summed E-state index contributed by atoms with van der Waals surface area (Å²) >= 11 is 0.941. The van der Waals surface area contributed by atoms with E-state index >= 15 is 0 Å². The summed E-state index contributed by atoms with van der Waals surface area (Å²) in [5, 5.41) is 12.4. The second kappa shape index (κ2) is 9.80. The lowest BCUT2D eigenvalue weighted by Gasteiger charge is -2.27. The summed E-state index contributed by atoms with van der Waals surface area (Å²) in [6.07, 6.45) is 5.61. The van der Waals surface area contributed by atoms with Crippen LogP contribution < -0.4 is 21.4 Å². The van der Waals surface area contributed by atoms with Gasteiger partial charge in [0, 0.05) is 19.3 Å². The zero-order valence-electron chi connectivity index (χ0n) is 19.3. The minimum Gasteiger partial charge on any atom is -0.477 e. The molecule has 4 rings (SSSR count). The number of thiazole rings is 1. The Morgan fingerprint density at radius 3 is 2.65 bits per heavy atom. The summed E-state index contributed by atoms with van der Waals surface area (Å²) in [5.41, 5.74) is 0.393. The van der Waals surface area contributed by atoms with Crippen LogP contribution >= 0.6 is 11.3 Å². The minimum atomic E-state index is -1.06. The zero-order valence-corrected chi connectivity index (χ0v) is 20.1. The van der Waals surface area contributed by atoms with Crippen molar-refractivity contribution in [1.29, 1.82) is 0 Å². The first-order chi connectivity index (χ1) is 16.2. The minimum absolute atomic E-state index is 0.0908. The lowest BCUT2D eigenvalue weighted by Crippen LogP contribution is -2.42. The normalized spacial score (nSPS) is 18.0. The first-order valence-corrected chi connectivity index (χ1v) is 12.0. The smallest absolute Gasteiger partial charge is 0.354 e. The number of aromatic carboxylic acids is 1. The number of hydrogen-bond donors (Lipinski definition) is 2. The SMILES string of the molecule is Cc1cc(Nc2nc(=O)n(C)c(=O)n2CC2CCC(C)CC2)ccc1Oc1ncc(C(=O)O)s1. The molecule has 2 heterocycles. The largest absolute Gasteiger partial charge is 0.477 e. The molecule has 11 heteroatoms. The third-order valence-corrected chi connectivity index (χ3v) is 7.03. The van der Waals surface area contributed by atoms with E-state index in [-0.39, 0.29) is 16.0 Å². The van der Waals surface area contributed by atoms with E-state index in [1.54, 1.807) is 22.8 Å². The van der Waals surface area contributed by atoms with Crippen LogP contribution in [0.1, 0.15) is 47.8 Å². The Morgan fingerprint density at radius 2 is 2.00 bits per heavy atom. The van der Waals surface area contributed by atoms with Crippen LogP contribution in [0.25, 0.3) is 0 Å².